The normalized spacial score (nSPS) is 11.6. The van der Waals surface area contributed by atoms with Crippen molar-refractivity contribution in [2.75, 3.05) is 13.2 Å². The van der Waals surface area contributed by atoms with Gasteiger partial charge in [0.1, 0.15) is 5.60 Å². The molecular weight excluding hydrogens is 364 g/mol. The van der Waals surface area contributed by atoms with Gasteiger partial charge < -0.3 is 14.2 Å². The van der Waals surface area contributed by atoms with Crippen LogP contribution in [0, 0.1) is 0 Å². The molecule has 0 N–H and O–H groups in total. The topological polar surface area (TPSA) is 44.8 Å². The van der Waals surface area contributed by atoms with E-state index in [0.29, 0.717) is 13.2 Å². The van der Waals surface area contributed by atoms with Crippen molar-refractivity contribution in [3.8, 4) is 11.5 Å². The lowest BCUT2D eigenvalue weighted by Crippen LogP contribution is -2.22. The number of benzene rings is 1. The van der Waals surface area contributed by atoms with Crippen LogP contribution in [0.15, 0.2) is 24.3 Å². The van der Waals surface area contributed by atoms with E-state index in [4.69, 9.17) is 14.2 Å². The summed E-state index contributed by atoms with van der Waals surface area (Å²) in [6.07, 6.45) is 12.5. The molecule has 0 aliphatic rings. The molecule has 0 heterocycles. The van der Waals surface area contributed by atoms with E-state index in [2.05, 4.69) is 13.8 Å². The highest BCUT2D eigenvalue weighted by molar-refractivity contribution is 5.87. The minimum atomic E-state index is -0.496. The maximum Gasteiger partial charge on any atom is 0.331 e. The number of hydrogen-bond acceptors (Lipinski definition) is 4. The summed E-state index contributed by atoms with van der Waals surface area (Å²) in [6.45, 7) is 11.3. The maximum absolute atomic E-state index is 11.9. The van der Waals surface area contributed by atoms with Crippen molar-refractivity contribution < 1.29 is 19.0 Å². The van der Waals surface area contributed by atoms with Gasteiger partial charge in [0, 0.05) is 6.08 Å². The van der Waals surface area contributed by atoms with Crippen LogP contribution in [-0.2, 0) is 9.53 Å². The molecule has 0 atom stereocenters. The van der Waals surface area contributed by atoms with E-state index >= 15 is 0 Å². The van der Waals surface area contributed by atoms with Crippen molar-refractivity contribution in [2.24, 2.45) is 0 Å². The van der Waals surface area contributed by atoms with Crippen molar-refractivity contribution in [1.82, 2.24) is 0 Å². The Labute approximate surface area is 177 Å². The van der Waals surface area contributed by atoms with Gasteiger partial charge in [-0.05, 0) is 57.4 Å². The Bertz CT molecular complexity index is 614. The molecule has 0 unspecified atom stereocenters. The van der Waals surface area contributed by atoms with Crippen molar-refractivity contribution in [3.63, 3.8) is 0 Å². The molecule has 0 spiro atoms. The number of esters is 1. The molecule has 4 heteroatoms. The molecular formula is C25H40O4. The number of carbonyl (C=O) groups excluding carboxylic acids is 1. The van der Waals surface area contributed by atoms with E-state index in [1.54, 1.807) is 6.08 Å². The second kappa shape index (κ2) is 14.1. The summed E-state index contributed by atoms with van der Waals surface area (Å²) in [5.41, 5.74) is 0.390. The van der Waals surface area contributed by atoms with Gasteiger partial charge in [0.15, 0.2) is 11.5 Å². The minimum absolute atomic E-state index is 0.351. The Kier molecular flexibility index (Phi) is 12.2. The predicted octanol–water partition coefficient (Wildman–Crippen LogP) is 6.96. The van der Waals surface area contributed by atoms with E-state index in [-0.39, 0.29) is 5.97 Å². The maximum atomic E-state index is 11.9. The zero-order valence-corrected chi connectivity index (χ0v) is 19.1. The van der Waals surface area contributed by atoms with Crippen LogP contribution in [0.3, 0.4) is 0 Å². The smallest absolute Gasteiger partial charge is 0.331 e. The molecule has 0 saturated heterocycles. The Morgan fingerprint density at radius 2 is 1.45 bits per heavy atom. The third-order valence-electron chi connectivity index (χ3n) is 4.30. The highest BCUT2D eigenvalue weighted by atomic mass is 16.6. The summed E-state index contributed by atoms with van der Waals surface area (Å²) in [5.74, 6) is 1.16. The first-order valence-corrected chi connectivity index (χ1v) is 11.2. The fourth-order valence-electron chi connectivity index (χ4n) is 2.78. The summed E-state index contributed by atoms with van der Waals surface area (Å²) >= 11 is 0. The zero-order chi connectivity index (χ0) is 21.5. The van der Waals surface area contributed by atoms with Crippen LogP contribution in [0.1, 0.15) is 91.5 Å². The van der Waals surface area contributed by atoms with Gasteiger partial charge in [-0.15, -0.1) is 0 Å². The molecule has 1 rings (SSSR count). The Balaban J connectivity index is 2.75. The van der Waals surface area contributed by atoms with Crippen LogP contribution < -0.4 is 9.47 Å². The lowest BCUT2D eigenvalue weighted by Gasteiger charge is -2.18. The number of unbranched alkanes of at least 4 members (excludes halogenated alkanes) is 6. The van der Waals surface area contributed by atoms with E-state index in [0.717, 1.165) is 29.9 Å². The molecule has 0 amide bonds. The first-order valence-electron chi connectivity index (χ1n) is 11.2. The standard InChI is InChI=1S/C25H40O4/c1-6-8-10-12-18-27-22-16-14-21(15-17-24(26)29-25(3,4)5)20-23(22)28-19-13-11-9-7-2/h14-17,20H,6-13,18-19H2,1-5H3. The molecule has 0 fully saturated rings. The van der Waals surface area contributed by atoms with Gasteiger partial charge in [0.05, 0.1) is 13.2 Å². The summed E-state index contributed by atoms with van der Waals surface area (Å²) in [4.78, 5) is 11.9. The summed E-state index contributed by atoms with van der Waals surface area (Å²) in [5, 5.41) is 0. The number of ether oxygens (including phenoxy) is 3. The van der Waals surface area contributed by atoms with Crippen molar-refractivity contribution in [1.29, 1.82) is 0 Å². The highest BCUT2D eigenvalue weighted by Crippen LogP contribution is 2.29. The van der Waals surface area contributed by atoms with Crippen LogP contribution in [0.25, 0.3) is 6.08 Å². The molecule has 0 radical (unpaired) electrons. The molecule has 1 aromatic carbocycles. The fourth-order valence-corrected chi connectivity index (χ4v) is 2.78. The van der Waals surface area contributed by atoms with Crippen LogP contribution in [0.4, 0.5) is 0 Å². The Hall–Kier alpha value is -1.97. The van der Waals surface area contributed by atoms with Gasteiger partial charge in [-0.3, -0.25) is 0 Å². The largest absolute Gasteiger partial charge is 0.490 e. The number of carbonyl (C=O) groups is 1. The van der Waals surface area contributed by atoms with Crippen molar-refractivity contribution >= 4 is 12.0 Å². The molecule has 0 aliphatic carbocycles. The second-order valence-corrected chi connectivity index (χ2v) is 8.39. The van der Waals surface area contributed by atoms with Crippen LogP contribution in [0.2, 0.25) is 0 Å². The number of rotatable bonds is 14. The van der Waals surface area contributed by atoms with E-state index in [1.807, 2.05) is 39.0 Å². The molecule has 1 aromatic rings. The zero-order valence-electron chi connectivity index (χ0n) is 19.1. The third-order valence-corrected chi connectivity index (χ3v) is 4.30. The van der Waals surface area contributed by atoms with Gasteiger partial charge in [-0.25, -0.2) is 4.79 Å². The van der Waals surface area contributed by atoms with Gasteiger partial charge in [0.2, 0.25) is 0 Å². The van der Waals surface area contributed by atoms with Crippen molar-refractivity contribution in [2.45, 2.75) is 91.6 Å². The van der Waals surface area contributed by atoms with Gasteiger partial charge in [-0.2, -0.15) is 0 Å². The average Bonchev–Trinajstić information content (AvgIpc) is 2.66. The molecule has 29 heavy (non-hydrogen) atoms. The molecule has 0 bridgehead atoms. The minimum Gasteiger partial charge on any atom is -0.490 e. The first kappa shape index (κ1) is 25.1. The van der Waals surface area contributed by atoms with Gasteiger partial charge in [-0.1, -0.05) is 58.4 Å². The molecule has 164 valence electrons. The van der Waals surface area contributed by atoms with E-state index in [9.17, 15) is 4.79 Å². The van der Waals surface area contributed by atoms with E-state index in [1.165, 1.54) is 44.6 Å². The van der Waals surface area contributed by atoms with Crippen LogP contribution in [0.5, 0.6) is 11.5 Å². The summed E-state index contributed by atoms with van der Waals surface area (Å²) < 4.78 is 17.3. The molecule has 4 nitrogen and oxygen atoms in total. The van der Waals surface area contributed by atoms with Gasteiger partial charge >= 0.3 is 5.97 Å². The monoisotopic (exact) mass is 404 g/mol. The Morgan fingerprint density at radius 1 is 0.862 bits per heavy atom. The molecule has 0 aromatic heterocycles. The second-order valence-electron chi connectivity index (χ2n) is 8.39. The fraction of sp³-hybridized carbons (Fsp3) is 0.640. The van der Waals surface area contributed by atoms with Gasteiger partial charge in [0.25, 0.3) is 0 Å². The predicted molar refractivity (Wildman–Crippen MR) is 121 cm³/mol. The Morgan fingerprint density at radius 3 is 2.00 bits per heavy atom. The summed E-state index contributed by atoms with van der Waals surface area (Å²) in [6, 6.07) is 5.80. The lowest BCUT2D eigenvalue weighted by molar-refractivity contribution is -0.148. The lowest BCUT2D eigenvalue weighted by atomic mass is 10.1. The molecule has 0 aliphatic heterocycles. The quantitative estimate of drug-likeness (QED) is 0.191. The van der Waals surface area contributed by atoms with Crippen LogP contribution >= 0.6 is 0 Å². The first-order chi connectivity index (χ1) is 13.9. The highest BCUT2D eigenvalue weighted by Gasteiger charge is 2.14. The summed E-state index contributed by atoms with van der Waals surface area (Å²) in [7, 11) is 0. The molecule has 0 saturated carbocycles. The SMILES string of the molecule is CCCCCCOc1ccc(C=CC(=O)OC(C)(C)C)cc1OCCCCCC. The number of hydrogen-bond donors (Lipinski definition) is 0. The van der Waals surface area contributed by atoms with E-state index < -0.39 is 5.60 Å². The van der Waals surface area contributed by atoms with Crippen molar-refractivity contribution in [3.05, 3.63) is 29.8 Å². The van der Waals surface area contributed by atoms with Crippen LogP contribution in [-0.4, -0.2) is 24.8 Å². The third kappa shape index (κ3) is 12.2. The average molecular weight is 405 g/mol.